The molecule has 0 aliphatic carbocycles. The zero-order valence-corrected chi connectivity index (χ0v) is 21.9. The zero-order chi connectivity index (χ0) is 26.9. The van der Waals surface area contributed by atoms with Crippen molar-refractivity contribution in [2.24, 2.45) is 5.92 Å². The van der Waals surface area contributed by atoms with Crippen molar-refractivity contribution < 1.29 is 23.9 Å². The lowest BCUT2D eigenvalue weighted by atomic mass is 9.90. The van der Waals surface area contributed by atoms with E-state index >= 15 is 0 Å². The molecule has 2 aliphatic heterocycles. The molecule has 0 spiro atoms. The standard InChI is InChI=1S/C32H30N2O5/c1-3-18-38-26-17-15-23(20-27(26)37-4-2)29-28-30(39-34(29)24-12-6-5-7-13-24)32(36)33(31(28)35)25-16-14-21-10-8-9-11-22(21)19-25/h5-17,19-20,28-30H,3-4,18H2,1-2H3/t28-,29-,30+/m1/s1. The monoisotopic (exact) mass is 522 g/mol. The van der Waals surface area contributed by atoms with Crippen LogP contribution in [0.2, 0.25) is 0 Å². The first-order chi connectivity index (χ1) is 19.1. The summed E-state index contributed by atoms with van der Waals surface area (Å²) in [5, 5.41) is 3.69. The number of nitrogens with zero attached hydrogens (tertiary/aromatic N) is 2. The molecule has 0 N–H and O–H groups in total. The molecule has 2 aliphatic rings. The number of carbonyl (C=O) groups excluding carboxylic acids is 2. The van der Waals surface area contributed by atoms with Gasteiger partial charge in [-0.3, -0.25) is 14.4 Å². The summed E-state index contributed by atoms with van der Waals surface area (Å²) in [6, 6.07) is 28.2. The maximum absolute atomic E-state index is 14.1. The van der Waals surface area contributed by atoms with E-state index in [-0.39, 0.29) is 11.8 Å². The molecular weight excluding hydrogens is 492 g/mol. The smallest absolute Gasteiger partial charge is 0.266 e. The van der Waals surface area contributed by atoms with Crippen molar-refractivity contribution in [1.82, 2.24) is 0 Å². The summed E-state index contributed by atoms with van der Waals surface area (Å²) in [5.41, 5.74) is 2.12. The second-order valence-corrected chi connectivity index (χ2v) is 9.69. The van der Waals surface area contributed by atoms with Crippen LogP contribution in [0.25, 0.3) is 10.8 Å². The Hall–Kier alpha value is -4.36. The van der Waals surface area contributed by atoms with Crippen molar-refractivity contribution in [3.63, 3.8) is 0 Å². The summed E-state index contributed by atoms with van der Waals surface area (Å²) >= 11 is 0. The van der Waals surface area contributed by atoms with E-state index < -0.39 is 18.1 Å². The molecule has 4 aromatic carbocycles. The van der Waals surface area contributed by atoms with Crippen LogP contribution in [0.3, 0.4) is 0 Å². The highest BCUT2D eigenvalue weighted by Gasteiger charge is 2.60. The fourth-order valence-electron chi connectivity index (χ4n) is 5.43. The van der Waals surface area contributed by atoms with Crippen LogP contribution in [0.1, 0.15) is 31.9 Å². The molecule has 2 heterocycles. The predicted molar refractivity (Wildman–Crippen MR) is 150 cm³/mol. The Morgan fingerprint density at radius 2 is 1.51 bits per heavy atom. The van der Waals surface area contributed by atoms with E-state index in [2.05, 4.69) is 0 Å². The zero-order valence-electron chi connectivity index (χ0n) is 21.9. The third kappa shape index (κ3) is 4.38. The first kappa shape index (κ1) is 24.9. The van der Waals surface area contributed by atoms with Gasteiger partial charge in [-0.05, 0) is 66.1 Å². The third-order valence-corrected chi connectivity index (χ3v) is 7.19. The van der Waals surface area contributed by atoms with E-state index in [1.165, 1.54) is 4.90 Å². The Kier molecular flexibility index (Phi) is 6.67. The van der Waals surface area contributed by atoms with Crippen LogP contribution in [0.15, 0.2) is 91.0 Å². The number of amides is 2. The topological polar surface area (TPSA) is 68.3 Å². The molecule has 0 radical (unpaired) electrons. The van der Waals surface area contributed by atoms with E-state index in [0.29, 0.717) is 30.4 Å². The molecule has 198 valence electrons. The van der Waals surface area contributed by atoms with Gasteiger partial charge < -0.3 is 9.47 Å². The second-order valence-electron chi connectivity index (χ2n) is 9.69. The van der Waals surface area contributed by atoms with Crippen LogP contribution in [0.4, 0.5) is 11.4 Å². The number of para-hydroxylation sites is 1. The molecule has 2 fully saturated rings. The van der Waals surface area contributed by atoms with Gasteiger partial charge in [0, 0.05) is 0 Å². The van der Waals surface area contributed by atoms with Crippen molar-refractivity contribution in [2.75, 3.05) is 23.2 Å². The highest BCUT2D eigenvalue weighted by atomic mass is 16.7. The van der Waals surface area contributed by atoms with Crippen molar-refractivity contribution in [3.8, 4) is 11.5 Å². The van der Waals surface area contributed by atoms with E-state index in [1.54, 1.807) is 5.06 Å². The van der Waals surface area contributed by atoms with Gasteiger partial charge in [0.15, 0.2) is 17.6 Å². The van der Waals surface area contributed by atoms with Gasteiger partial charge in [-0.1, -0.05) is 61.5 Å². The van der Waals surface area contributed by atoms with Crippen molar-refractivity contribution in [3.05, 3.63) is 96.6 Å². The molecule has 7 nitrogen and oxygen atoms in total. The Morgan fingerprint density at radius 3 is 2.28 bits per heavy atom. The lowest BCUT2D eigenvalue weighted by Crippen LogP contribution is -2.37. The van der Waals surface area contributed by atoms with Gasteiger partial charge in [0.25, 0.3) is 5.91 Å². The highest BCUT2D eigenvalue weighted by Crippen LogP contribution is 2.49. The molecular formula is C32H30N2O5. The SMILES string of the molecule is CCCOc1ccc([C@@H]2[C@H]3C(=O)N(c4ccc5ccccc5c4)C(=O)[C@H]3ON2c2ccccc2)cc1OCC. The molecule has 39 heavy (non-hydrogen) atoms. The number of hydroxylamine groups is 1. The third-order valence-electron chi connectivity index (χ3n) is 7.19. The number of ether oxygens (including phenoxy) is 2. The van der Waals surface area contributed by atoms with Crippen LogP contribution in [-0.4, -0.2) is 31.1 Å². The number of rotatable bonds is 8. The second kappa shape index (κ2) is 10.4. The van der Waals surface area contributed by atoms with Crippen LogP contribution in [0.5, 0.6) is 11.5 Å². The number of hydrogen-bond donors (Lipinski definition) is 0. The normalized spacial score (nSPS) is 20.5. The van der Waals surface area contributed by atoms with Gasteiger partial charge in [0.1, 0.15) is 5.92 Å². The fourth-order valence-corrected chi connectivity index (χ4v) is 5.43. The Labute approximate surface area is 227 Å². The molecule has 0 aromatic heterocycles. The van der Waals surface area contributed by atoms with Gasteiger partial charge in [0.05, 0.1) is 30.6 Å². The minimum Gasteiger partial charge on any atom is -0.490 e. The van der Waals surface area contributed by atoms with E-state index in [9.17, 15) is 9.59 Å². The quantitative estimate of drug-likeness (QED) is 0.261. The maximum atomic E-state index is 14.1. The van der Waals surface area contributed by atoms with E-state index in [1.807, 2.05) is 105 Å². The summed E-state index contributed by atoms with van der Waals surface area (Å²) in [5.74, 6) is -0.135. The highest BCUT2D eigenvalue weighted by molar-refractivity contribution is 6.24. The van der Waals surface area contributed by atoms with Crippen molar-refractivity contribution >= 4 is 34.0 Å². The Balaban J connectivity index is 1.42. The van der Waals surface area contributed by atoms with Gasteiger partial charge >= 0.3 is 0 Å². The molecule has 0 unspecified atom stereocenters. The number of hydrogen-bond acceptors (Lipinski definition) is 6. The number of benzene rings is 4. The summed E-state index contributed by atoms with van der Waals surface area (Å²) in [6.45, 7) is 5.00. The first-order valence-corrected chi connectivity index (χ1v) is 13.4. The Morgan fingerprint density at radius 1 is 0.744 bits per heavy atom. The summed E-state index contributed by atoms with van der Waals surface area (Å²) in [6.07, 6.45) is -0.0722. The first-order valence-electron chi connectivity index (χ1n) is 13.4. The lowest BCUT2D eigenvalue weighted by Gasteiger charge is -2.29. The molecule has 3 atom stereocenters. The summed E-state index contributed by atoms with van der Waals surface area (Å²) in [7, 11) is 0. The number of imide groups is 1. The number of anilines is 2. The van der Waals surface area contributed by atoms with Crippen molar-refractivity contribution in [1.29, 1.82) is 0 Å². The molecule has 6 rings (SSSR count). The maximum Gasteiger partial charge on any atom is 0.266 e. The van der Waals surface area contributed by atoms with Gasteiger partial charge in [-0.15, -0.1) is 0 Å². The molecule has 0 bridgehead atoms. The summed E-state index contributed by atoms with van der Waals surface area (Å²) in [4.78, 5) is 35.4. The average molecular weight is 523 g/mol. The molecule has 0 saturated carbocycles. The molecule has 2 saturated heterocycles. The van der Waals surface area contributed by atoms with E-state index in [0.717, 1.165) is 28.4 Å². The minimum absolute atomic E-state index is 0.284. The van der Waals surface area contributed by atoms with Crippen LogP contribution < -0.4 is 19.4 Å². The molecule has 4 aromatic rings. The lowest BCUT2D eigenvalue weighted by molar-refractivity contribution is -0.126. The predicted octanol–water partition coefficient (Wildman–Crippen LogP) is 6.08. The Bertz CT molecular complexity index is 1520. The molecule has 7 heteroatoms. The minimum atomic E-state index is -0.944. The average Bonchev–Trinajstić information content (AvgIpc) is 3.48. The largest absolute Gasteiger partial charge is 0.490 e. The molecule has 2 amide bonds. The van der Waals surface area contributed by atoms with E-state index in [4.69, 9.17) is 14.3 Å². The van der Waals surface area contributed by atoms with Gasteiger partial charge in [-0.25, -0.2) is 9.96 Å². The van der Waals surface area contributed by atoms with Crippen LogP contribution >= 0.6 is 0 Å². The van der Waals surface area contributed by atoms with Gasteiger partial charge in [0.2, 0.25) is 5.91 Å². The summed E-state index contributed by atoms with van der Waals surface area (Å²) < 4.78 is 11.8. The van der Waals surface area contributed by atoms with Gasteiger partial charge in [-0.2, -0.15) is 0 Å². The number of carbonyl (C=O) groups is 2. The number of fused-ring (bicyclic) bond motifs is 2. The van der Waals surface area contributed by atoms with Crippen LogP contribution in [-0.2, 0) is 14.4 Å². The van der Waals surface area contributed by atoms with Crippen molar-refractivity contribution in [2.45, 2.75) is 32.4 Å². The van der Waals surface area contributed by atoms with Crippen LogP contribution in [0, 0.1) is 5.92 Å². The fraction of sp³-hybridized carbons (Fsp3) is 0.250.